The lowest BCUT2D eigenvalue weighted by atomic mass is 9.89. The second-order valence-electron chi connectivity index (χ2n) is 5.82. The van der Waals surface area contributed by atoms with Crippen LogP contribution in [-0.4, -0.2) is 25.5 Å². The highest BCUT2D eigenvalue weighted by atomic mass is 15.0. The predicted octanol–water partition coefficient (Wildman–Crippen LogP) is 4.24. The molecule has 0 saturated heterocycles. The van der Waals surface area contributed by atoms with Gasteiger partial charge >= 0.3 is 0 Å². The Morgan fingerprint density at radius 1 is 0.900 bits per heavy atom. The van der Waals surface area contributed by atoms with E-state index in [1.807, 2.05) is 0 Å². The second-order valence-corrected chi connectivity index (χ2v) is 5.82. The fourth-order valence-corrected chi connectivity index (χ4v) is 2.89. The van der Waals surface area contributed by atoms with Crippen LogP contribution in [0.1, 0.15) is 17.5 Å². The van der Waals surface area contributed by atoms with Crippen molar-refractivity contribution in [2.45, 2.75) is 12.8 Å². The first-order valence-electron chi connectivity index (χ1n) is 7.25. The monoisotopic (exact) mass is 263 g/mol. The van der Waals surface area contributed by atoms with Crippen molar-refractivity contribution in [2.75, 3.05) is 20.6 Å². The zero-order chi connectivity index (χ0) is 13.9. The molecule has 0 unspecified atom stereocenters. The summed E-state index contributed by atoms with van der Waals surface area (Å²) in [6.07, 6.45) is 4.71. The Labute approximate surface area is 121 Å². The topological polar surface area (TPSA) is 3.24 Å². The van der Waals surface area contributed by atoms with Crippen LogP contribution in [-0.2, 0) is 6.42 Å². The Bertz CT molecular complexity index is 623. The maximum atomic E-state index is 2.37. The van der Waals surface area contributed by atoms with Crippen molar-refractivity contribution in [3.63, 3.8) is 0 Å². The Balaban J connectivity index is 1.91. The lowest BCUT2D eigenvalue weighted by Crippen LogP contribution is -2.16. The van der Waals surface area contributed by atoms with E-state index in [0.717, 1.165) is 13.0 Å². The van der Waals surface area contributed by atoms with Gasteiger partial charge in [-0.2, -0.15) is 0 Å². The van der Waals surface area contributed by atoms with Crippen LogP contribution in [0.25, 0.3) is 17.2 Å². The molecule has 20 heavy (non-hydrogen) atoms. The average molecular weight is 263 g/mol. The molecule has 0 amide bonds. The minimum Gasteiger partial charge on any atom is -0.305 e. The van der Waals surface area contributed by atoms with Gasteiger partial charge in [0.25, 0.3) is 0 Å². The van der Waals surface area contributed by atoms with Gasteiger partial charge in [-0.05, 0) is 49.2 Å². The third kappa shape index (κ3) is 2.83. The van der Waals surface area contributed by atoms with E-state index in [-0.39, 0.29) is 0 Å². The Morgan fingerprint density at radius 2 is 1.70 bits per heavy atom. The number of fused-ring (bicyclic) bond motifs is 1. The molecule has 102 valence electrons. The fraction of sp³-hybridized carbons (Fsp3) is 0.263. The van der Waals surface area contributed by atoms with Crippen LogP contribution in [0, 0.1) is 0 Å². The highest BCUT2D eigenvalue weighted by molar-refractivity contribution is 5.69. The van der Waals surface area contributed by atoms with Gasteiger partial charge in [0, 0.05) is 6.54 Å². The Morgan fingerprint density at radius 3 is 2.45 bits per heavy atom. The molecule has 3 rings (SSSR count). The number of aryl methyl sites for hydroxylation is 1. The van der Waals surface area contributed by atoms with Crippen LogP contribution < -0.4 is 0 Å². The van der Waals surface area contributed by atoms with Crippen LogP contribution in [0.15, 0.2) is 54.1 Å². The smallest absolute Gasteiger partial charge is 0.0190 e. The van der Waals surface area contributed by atoms with E-state index in [0.29, 0.717) is 0 Å². The van der Waals surface area contributed by atoms with Crippen LogP contribution >= 0.6 is 0 Å². The first-order chi connectivity index (χ1) is 9.72. The molecular weight excluding hydrogens is 242 g/mol. The van der Waals surface area contributed by atoms with Crippen molar-refractivity contribution in [3.8, 4) is 11.1 Å². The molecule has 2 aromatic rings. The molecule has 0 spiro atoms. The van der Waals surface area contributed by atoms with E-state index in [9.17, 15) is 0 Å². The Kier molecular flexibility index (Phi) is 3.70. The van der Waals surface area contributed by atoms with Crippen molar-refractivity contribution in [3.05, 3.63) is 65.2 Å². The lowest BCUT2D eigenvalue weighted by Gasteiger charge is -2.20. The van der Waals surface area contributed by atoms with Crippen LogP contribution in [0.5, 0.6) is 0 Å². The summed E-state index contributed by atoms with van der Waals surface area (Å²) >= 11 is 0. The van der Waals surface area contributed by atoms with Gasteiger partial charge in [0.1, 0.15) is 0 Å². The maximum absolute atomic E-state index is 2.37. The highest BCUT2D eigenvalue weighted by Crippen LogP contribution is 2.29. The number of hydrogen-bond acceptors (Lipinski definition) is 1. The molecule has 0 N–H and O–H groups in total. The van der Waals surface area contributed by atoms with Gasteiger partial charge in [-0.25, -0.2) is 0 Å². The molecule has 2 aromatic carbocycles. The fourth-order valence-electron chi connectivity index (χ4n) is 2.89. The minimum absolute atomic E-state index is 1.07. The summed E-state index contributed by atoms with van der Waals surface area (Å²) in [7, 11) is 4.27. The number of hydrogen-bond donors (Lipinski definition) is 0. The first-order valence-corrected chi connectivity index (χ1v) is 7.25. The number of likely N-dealkylation sites (N-methyl/N-ethyl adjacent to an activating group) is 1. The standard InChI is InChI=1S/C19H21N/c1-20(2)14-15-8-9-19-13-18(11-10-17(19)12-15)16-6-4-3-5-7-16/h3-7,10-13H,8-9,14H2,1-2H3. The van der Waals surface area contributed by atoms with Gasteiger partial charge in [0.15, 0.2) is 0 Å². The zero-order valence-electron chi connectivity index (χ0n) is 12.3. The van der Waals surface area contributed by atoms with Crippen molar-refractivity contribution < 1.29 is 0 Å². The SMILES string of the molecule is CN(C)CC1=Cc2ccc(-c3ccccc3)cc2CC1. The molecule has 1 aliphatic carbocycles. The molecule has 0 atom stereocenters. The molecule has 0 saturated carbocycles. The van der Waals surface area contributed by atoms with Gasteiger partial charge in [-0.1, -0.05) is 60.2 Å². The van der Waals surface area contributed by atoms with Gasteiger partial charge in [-0.3, -0.25) is 0 Å². The summed E-state index contributed by atoms with van der Waals surface area (Å²) in [5.41, 5.74) is 7.05. The summed E-state index contributed by atoms with van der Waals surface area (Å²) in [5, 5.41) is 0. The molecule has 0 heterocycles. The van der Waals surface area contributed by atoms with Gasteiger partial charge in [-0.15, -0.1) is 0 Å². The minimum atomic E-state index is 1.07. The van der Waals surface area contributed by atoms with Crippen molar-refractivity contribution in [2.24, 2.45) is 0 Å². The highest BCUT2D eigenvalue weighted by Gasteiger charge is 2.11. The van der Waals surface area contributed by atoms with E-state index in [4.69, 9.17) is 0 Å². The quantitative estimate of drug-likeness (QED) is 0.800. The second kappa shape index (κ2) is 5.64. The Hall–Kier alpha value is -1.86. The van der Waals surface area contributed by atoms with Crippen LogP contribution in [0.3, 0.4) is 0 Å². The third-order valence-corrected chi connectivity index (χ3v) is 3.84. The summed E-state index contributed by atoms with van der Waals surface area (Å²) in [4.78, 5) is 2.25. The normalized spacial score (nSPS) is 14.1. The molecular formula is C19H21N. The van der Waals surface area contributed by atoms with Crippen molar-refractivity contribution >= 4 is 6.08 Å². The van der Waals surface area contributed by atoms with Gasteiger partial charge in [0.2, 0.25) is 0 Å². The van der Waals surface area contributed by atoms with E-state index in [1.54, 1.807) is 0 Å². The first kappa shape index (κ1) is 13.1. The summed E-state index contributed by atoms with van der Waals surface area (Å²) < 4.78 is 0. The molecule has 1 nitrogen and oxygen atoms in total. The van der Waals surface area contributed by atoms with E-state index in [1.165, 1.54) is 34.2 Å². The van der Waals surface area contributed by atoms with Gasteiger partial charge in [0.05, 0.1) is 0 Å². The van der Waals surface area contributed by atoms with Gasteiger partial charge < -0.3 is 4.90 Å². The summed E-state index contributed by atoms with van der Waals surface area (Å²) in [6, 6.07) is 17.5. The molecule has 0 fully saturated rings. The van der Waals surface area contributed by atoms with Crippen LogP contribution in [0.4, 0.5) is 0 Å². The molecule has 0 aromatic heterocycles. The molecule has 0 radical (unpaired) electrons. The summed E-state index contributed by atoms with van der Waals surface area (Å²) in [5.74, 6) is 0. The molecule has 1 aliphatic rings. The zero-order valence-corrected chi connectivity index (χ0v) is 12.3. The third-order valence-electron chi connectivity index (χ3n) is 3.84. The number of rotatable bonds is 3. The van der Waals surface area contributed by atoms with E-state index in [2.05, 4.69) is 73.6 Å². The molecule has 0 bridgehead atoms. The largest absolute Gasteiger partial charge is 0.305 e. The number of nitrogens with zero attached hydrogens (tertiary/aromatic N) is 1. The molecule has 1 heteroatoms. The van der Waals surface area contributed by atoms with Crippen molar-refractivity contribution in [1.29, 1.82) is 0 Å². The summed E-state index contributed by atoms with van der Waals surface area (Å²) in [6.45, 7) is 1.07. The van der Waals surface area contributed by atoms with Crippen LogP contribution in [0.2, 0.25) is 0 Å². The predicted molar refractivity (Wildman–Crippen MR) is 86.7 cm³/mol. The average Bonchev–Trinajstić information content (AvgIpc) is 2.47. The number of benzene rings is 2. The lowest BCUT2D eigenvalue weighted by molar-refractivity contribution is 0.440. The van der Waals surface area contributed by atoms with Crippen molar-refractivity contribution in [1.82, 2.24) is 4.90 Å². The van der Waals surface area contributed by atoms with E-state index >= 15 is 0 Å². The molecule has 0 aliphatic heterocycles. The maximum Gasteiger partial charge on any atom is 0.0190 e. The van der Waals surface area contributed by atoms with E-state index < -0.39 is 0 Å².